The van der Waals surface area contributed by atoms with Crippen LogP contribution in [0, 0.1) is 6.92 Å². The number of aromatic carboxylic acids is 1. The Hall–Kier alpha value is -1.93. The van der Waals surface area contributed by atoms with Gasteiger partial charge in [0.2, 0.25) is 0 Å². The van der Waals surface area contributed by atoms with Crippen LogP contribution >= 0.6 is 27.3 Å². The summed E-state index contributed by atoms with van der Waals surface area (Å²) in [6.45, 7) is 2.16. The molecule has 0 unspecified atom stereocenters. The minimum absolute atomic E-state index is 0.0182. The fraction of sp³-hybridized carbons (Fsp3) is 0.154. The predicted octanol–water partition coefficient (Wildman–Crippen LogP) is 3.23. The highest BCUT2D eigenvalue weighted by atomic mass is 79.9. The molecule has 0 fully saturated rings. The van der Waals surface area contributed by atoms with E-state index in [1.165, 1.54) is 17.4 Å². The Morgan fingerprint density at radius 3 is 2.81 bits per heavy atom. The molecule has 3 N–H and O–H groups in total. The number of carbonyl (C=O) groups is 2. The quantitative estimate of drug-likeness (QED) is 0.771. The van der Waals surface area contributed by atoms with E-state index in [1.54, 1.807) is 12.1 Å². The molecular formula is C13H12BrN3O3S. The molecule has 1 aromatic carbocycles. The van der Waals surface area contributed by atoms with Crippen LogP contribution in [0.1, 0.15) is 21.1 Å². The van der Waals surface area contributed by atoms with E-state index in [1.807, 2.05) is 12.3 Å². The summed E-state index contributed by atoms with van der Waals surface area (Å²) in [7, 11) is 0. The number of nitrogens with one attached hydrogen (secondary N) is 2. The van der Waals surface area contributed by atoms with Crippen molar-refractivity contribution in [2.45, 2.75) is 13.5 Å². The molecule has 0 aliphatic carbocycles. The standard InChI is InChI=1S/C13H12BrN3O3S/c1-7-6-21-10(16-7)5-15-13(20)17-11-8(12(18)19)3-2-4-9(11)14/h2-4,6H,5H2,1H3,(H,18,19)(H2,15,17,20). The average Bonchev–Trinajstić information content (AvgIpc) is 2.84. The molecule has 0 aliphatic heterocycles. The smallest absolute Gasteiger partial charge is 0.337 e. The second kappa shape index (κ2) is 6.68. The molecule has 1 aromatic heterocycles. The second-order valence-corrected chi connectivity index (χ2v) is 5.95. The van der Waals surface area contributed by atoms with E-state index < -0.39 is 12.0 Å². The summed E-state index contributed by atoms with van der Waals surface area (Å²) in [6.07, 6.45) is 0. The zero-order valence-electron chi connectivity index (χ0n) is 11.0. The van der Waals surface area contributed by atoms with Crippen LogP contribution in [0.4, 0.5) is 10.5 Å². The van der Waals surface area contributed by atoms with Crippen molar-refractivity contribution in [3.63, 3.8) is 0 Å². The van der Waals surface area contributed by atoms with Gasteiger partial charge in [0.25, 0.3) is 0 Å². The molecule has 6 nitrogen and oxygen atoms in total. The van der Waals surface area contributed by atoms with Gasteiger partial charge in [-0.15, -0.1) is 11.3 Å². The molecule has 0 radical (unpaired) electrons. The highest BCUT2D eigenvalue weighted by Gasteiger charge is 2.15. The summed E-state index contributed by atoms with van der Waals surface area (Å²) in [5, 5.41) is 17.0. The van der Waals surface area contributed by atoms with E-state index in [2.05, 4.69) is 31.5 Å². The van der Waals surface area contributed by atoms with E-state index in [-0.39, 0.29) is 17.8 Å². The maximum Gasteiger partial charge on any atom is 0.337 e. The third kappa shape index (κ3) is 4.02. The molecule has 0 bridgehead atoms. The summed E-state index contributed by atoms with van der Waals surface area (Å²) in [5.41, 5.74) is 1.14. The van der Waals surface area contributed by atoms with Crippen LogP contribution in [0.15, 0.2) is 28.1 Å². The number of aromatic nitrogens is 1. The van der Waals surface area contributed by atoms with Gasteiger partial charge in [-0.25, -0.2) is 14.6 Å². The van der Waals surface area contributed by atoms with Gasteiger partial charge in [0.05, 0.1) is 17.8 Å². The van der Waals surface area contributed by atoms with Gasteiger partial charge < -0.3 is 15.7 Å². The van der Waals surface area contributed by atoms with Crippen LogP contribution < -0.4 is 10.6 Å². The van der Waals surface area contributed by atoms with Crippen LogP contribution in [0.5, 0.6) is 0 Å². The number of para-hydroxylation sites is 1. The largest absolute Gasteiger partial charge is 0.478 e. The third-order valence-corrected chi connectivity index (χ3v) is 4.18. The number of nitrogens with zero attached hydrogens (tertiary/aromatic N) is 1. The Balaban J connectivity index is 2.04. The highest BCUT2D eigenvalue weighted by Crippen LogP contribution is 2.26. The van der Waals surface area contributed by atoms with Crippen molar-refractivity contribution in [1.82, 2.24) is 10.3 Å². The molecule has 110 valence electrons. The minimum atomic E-state index is -1.11. The number of anilines is 1. The molecule has 8 heteroatoms. The van der Waals surface area contributed by atoms with Gasteiger partial charge in [-0.2, -0.15) is 0 Å². The number of carboxylic acid groups (broad SMARTS) is 1. The first-order valence-electron chi connectivity index (χ1n) is 5.95. The molecular weight excluding hydrogens is 358 g/mol. The zero-order chi connectivity index (χ0) is 15.4. The maximum absolute atomic E-state index is 11.9. The third-order valence-electron chi connectivity index (χ3n) is 2.55. The normalized spacial score (nSPS) is 10.2. The van der Waals surface area contributed by atoms with Crippen molar-refractivity contribution in [2.75, 3.05) is 5.32 Å². The fourth-order valence-corrected chi connectivity index (χ4v) is 2.80. The highest BCUT2D eigenvalue weighted by molar-refractivity contribution is 9.10. The summed E-state index contributed by atoms with van der Waals surface area (Å²) >= 11 is 4.68. The summed E-state index contributed by atoms with van der Waals surface area (Å²) in [5.74, 6) is -1.11. The number of halogens is 1. The number of urea groups is 1. The van der Waals surface area contributed by atoms with Gasteiger partial charge in [0, 0.05) is 15.5 Å². The van der Waals surface area contributed by atoms with Crippen molar-refractivity contribution in [3.05, 3.63) is 44.3 Å². The number of aryl methyl sites for hydroxylation is 1. The van der Waals surface area contributed by atoms with Crippen LogP contribution in [0.25, 0.3) is 0 Å². The number of thiazole rings is 1. The topological polar surface area (TPSA) is 91.3 Å². The lowest BCUT2D eigenvalue weighted by molar-refractivity contribution is 0.0698. The Labute approximate surface area is 133 Å². The molecule has 0 saturated carbocycles. The van der Waals surface area contributed by atoms with E-state index in [0.717, 1.165) is 10.7 Å². The molecule has 1 heterocycles. The number of hydrogen-bond donors (Lipinski definition) is 3. The summed E-state index contributed by atoms with van der Waals surface area (Å²) in [6, 6.07) is 4.19. The number of carbonyl (C=O) groups excluding carboxylic acids is 1. The van der Waals surface area contributed by atoms with Gasteiger partial charge in [-0.1, -0.05) is 6.07 Å². The van der Waals surface area contributed by atoms with Crippen LogP contribution in [0.3, 0.4) is 0 Å². The van der Waals surface area contributed by atoms with Crippen LogP contribution in [-0.2, 0) is 6.54 Å². The van der Waals surface area contributed by atoms with Crippen molar-refractivity contribution < 1.29 is 14.7 Å². The Bertz CT molecular complexity index is 687. The molecule has 2 amide bonds. The molecule has 2 rings (SSSR count). The first-order chi connectivity index (χ1) is 9.97. The first kappa shape index (κ1) is 15.5. The van der Waals surface area contributed by atoms with Crippen LogP contribution in [-0.4, -0.2) is 22.1 Å². The average molecular weight is 370 g/mol. The van der Waals surface area contributed by atoms with Crippen molar-refractivity contribution >= 4 is 45.0 Å². The second-order valence-electron chi connectivity index (χ2n) is 4.16. The molecule has 2 aromatic rings. The van der Waals surface area contributed by atoms with Gasteiger partial charge in [0.15, 0.2) is 0 Å². The number of hydrogen-bond acceptors (Lipinski definition) is 4. The van der Waals surface area contributed by atoms with Gasteiger partial charge in [0.1, 0.15) is 5.01 Å². The lowest BCUT2D eigenvalue weighted by atomic mass is 10.2. The lowest BCUT2D eigenvalue weighted by Gasteiger charge is -2.11. The van der Waals surface area contributed by atoms with Crippen LogP contribution in [0.2, 0.25) is 0 Å². The fourth-order valence-electron chi connectivity index (χ4n) is 1.63. The maximum atomic E-state index is 11.9. The van der Waals surface area contributed by atoms with Crippen molar-refractivity contribution in [2.24, 2.45) is 0 Å². The molecule has 0 spiro atoms. The molecule has 0 atom stereocenters. The van der Waals surface area contributed by atoms with Crippen molar-refractivity contribution in [3.8, 4) is 0 Å². The number of carboxylic acids is 1. The van der Waals surface area contributed by atoms with Gasteiger partial charge >= 0.3 is 12.0 Å². The minimum Gasteiger partial charge on any atom is -0.478 e. The number of amides is 2. The molecule has 0 aliphatic rings. The predicted molar refractivity (Wildman–Crippen MR) is 83.8 cm³/mol. The summed E-state index contributed by atoms with van der Waals surface area (Å²) in [4.78, 5) is 27.2. The Kier molecular flexibility index (Phi) is 4.92. The van der Waals surface area contributed by atoms with E-state index in [4.69, 9.17) is 5.11 Å². The number of benzene rings is 1. The SMILES string of the molecule is Cc1csc(CNC(=O)Nc2c(Br)cccc2C(=O)O)n1. The number of rotatable bonds is 4. The van der Waals surface area contributed by atoms with Gasteiger partial charge in [-0.3, -0.25) is 0 Å². The Morgan fingerprint density at radius 1 is 1.43 bits per heavy atom. The molecule has 21 heavy (non-hydrogen) atoms. The zero-order valence-corrected chi connectivity index (χ0v) is 13.4. The monoisotopic (exact) mass is 369 g/mol. The lowest BCUT2D eigenvalue weighted by Crippen LogP contribution is -2.29. The van der Waals surface area contributed by atoms with E-state index in [0.29, 0.717) is 4.47 Å². The molecule has 0 saturated heterocycles. The van der Waals surface area contributed by atoms with E-state index >= 15 is 0 Å². The summed E-state index contributed by atoms with van der Waals surface area (Å²) < 4.78 is 0.502. The first-order valence-corrected chi connectivity index (χ1v) is 7.62. The van der Waals surface area contributed by atoms with Gasteiger partial charge in [-0.05, 0) is 35.0 Å². The van der Waals surface area contributed by atoms with Crippen molar-refractivity contribution in [1.29, 1.82) is 0 Å². The van der Waals surface area contributed by atoms with E-state index in [9.17, 15) is 9.59 Å². The Morgan fingerprint density at radius 2 is 2.19 bits per heavy atom.